The first kappa shape index (κ1) is 11.7. The quantitative estimate of drug-likeness (QED) is 0.868. The summed E-state index contributed by atoms with van der Waals surface area (Å²) >= 11 is 6.00. The van der Waals surface area contributed by atoms with E-state index in [1.165, 1.54) is 0 Å². The van der Waals surface area contributed by atoms with Crippen LogP contribution in [0.2, 0.25) is 5.02 Å². The van der Waals surface area contributed by atoms with Gasteiger partial charge < -0.3 is 15.6 Å². The Morgan fingerprint density at radius 3 is 2.94 bits per heavy atom. The minimum absolute atomic E-state index is 0.532. The van der Waals surface area contributed by atoms with Gasteiger partial charge in [-0.1, -0.05) is 11.6 Å². The molecule has 0 amide bonds. The highest BCUT2D eigenvalue weighted by molar-refractivity contribution is 6.33. The zero-order valence-electron chi connectivity index (χ0n) is 9.52. The lowest BCUT2D eigenvalue weighted by molar-refractivity contribution is 0.788. The fraction of sp³-hybridized carbons (Fsp3) is 0.273. The molecule has 3 N–H and O–H groups in total. The second-order valence-corrected chi connectivity index (χ2v) is 4.14. The maximum absolute atomic E-state index is 6.00. The van der Waals surface area contributed by atoms with Gasteiger partial charge in [0.15, 0.2) is 0 Å². The van der Waals surface area contributed by atoms with Crippen molar-refractivity contribution in [3.63, 3.8) is 0 Å². The van der Waals surface area contributed by atoms with E-state index in [2.05, 4.69) is 15.3 Å². The summed E-state index contributed by atoms with van der Waals surface area (Å²) in [6.45, 7) is 0.724. The summed E-state index contributed by atoms with van der Waals surface area (Å²) in [6.07, 6.45) is 6.09. The third kappa shape index (κ3) is 2.88. The summed E-state index contributed by atoms with van der Waals surface area (Å²) in [5, 5.41) is 3.69. The Morgan fingerprint density at radius 2 is 2.29 bits per heavy atom. The fourth-order valence-electron chi connectivity index (χ4n) is 1.51. The van der Waals surface area contributed by atoms with Crippen molar-refractivity contribution in [2.45, 2.75) is 6.42 Å². The predicted molar refractivity (Wildman–Crippen MR) is 69.1 cm³/mol. The Bertz CT molecular complexity index is 508. The van der Waals surface area contributed by atoms with Gasteiger partial charge in [-0.25, -0.2) is 9.97 Å². The van der Waals surface area contributed by atoms with Crippen molar-refractivity contribution >= 4 is 23.1 Å². The number of nitrogens with one attached hydrogen (secondary N) is 1. The topological polar surface area (TPSA) is 68.8 Å². The lowest BCUT2D eigenvalue weighted by Gasteiger charge is -2.07. The molecule has 0 saturated heterocycles. The number of pyridine rings is 1. The molecule has 5 nitrogen and oxygen atoms in total. The van der Waals surface area contributed by atoms with Gasteiger partial charge in [-0.15, -0.1) is 0 Å². The van der Waals surface area contributed by atoms with E-state index in [1.807, 2.05) is 17.8 Å². The molecule has 2 aromatic heterocycles. The van der Waals surface area contributed by atoms with Crippen LogP contribution in [-0.2, 0) is 13.5 Å². The number of nitrogens with zero attached hydrogens (tertiary/aromatic N) is 3. The Balaban J connectivity index is 1.92. The molecule has 0 fully saturated rings. The van der Waals surface area contributed by atoms with Crippen LogP contribution in [0.25, 0.3) is 0 Å². The molecule has 17 heavy (non-hydrogen) atoms. The van der Waals surface area contributed by atoms with Crippen molar-refractivity contribution in [2.75, 3.05) is 17.6 Å². The monoisotopic (exact) mass is 251 g/mol. The number of aryl methyl sites for hydroxylation is 1. The summed E-state index contributed by atoms with van der Waals surface area (Å²) in [4.78, 5) is 8.36. The summed E-state index contributed by atoms with van der Waals surface area (Å²) in [5.74, 6) is 1.67. The Hall–Kier alpha value is -1.75. The van der Waals surface area contributed by atoms with Crippen molar-refractivity contribution in [3.05, 3.63) is 35.5 Å². The van der Waals surface area contributed by atoms with Crippen LogP contribution in [0.4, 0.5) is 11.5 Å². The normalized spacial score (nSPS) is 10.5. The number of hydrogen-bond donors (Lipinski definition) is 2. The van der Waals surface area contributed by atoms with Crippen LogP contribution in [0, 0.1) is 0 Å². The molecule has 6 heteroatoms. The summed E-state index contributed by atoms with van der Waals surface area (Å²) in [5.41, 5.74) is 6.13. The van der Waals surface area contributed by atoms with Crippen LogP contribution in [-0.4, -0.2) is 21.1 Å². The number of rotatable bonds is 4. The minimum atomic E-state index is 0.532. The molecule has 0 aliphatic carbocycles. The number of anilines is 2. The average Bonchev–Trinajstić information content (AvgIpc) is 2.68. The zero-order valence-corrected chi connectivity index (χ0v) is 10.3. The number of hydrogen-bond acceptors (Lipinski definition) is 4. The number of nitrogens with two attached hydrogens (primary N) is 1. The lowest BCUT2D eigenvalue weighted by atomic mass is 10.3. The van der Waals surface area contributed by atoms with E-state index < -0.39 is 0 Å². The second kappa shape index (κ2) is 5.05. The zero-order chi connectivity index (χ0) is 12.3. The maximum Gasteiger partial charge on any atom is 0.144 e. The van der Waals surface area contributed by atoms with E-state index in [1.54, 1.807) is 18.5 Å². The SMILES string of the molecule is Cn1ccnc1CCNc1ncc(N)cc1Cl. The molecule has 0 atom stereocenters. The molecule has 0 aliphatic heterocycles. The molecule has 0 aliphatic rings. The molecule has 0 spiro atoms. The smallest absolute Gasteiger partial charge is 0.144 e. The first-order valence-electron chi connectivity index (χ1n) is 5.28. The van der Waals surface area contributed by atoms with Gasteiger partial charge in [0.1, 0.15) is 11.6 Å². The summed E-state index contributed by atoms with van der Waals surface area (Å²) in [7, 11) is 1.97. The number of aromatic nitrogens is 3. The van der Waals surface area contributed by atoms with Crippen LogP contribution in [0.3, 0.4) is 0 Å². The highest BCUT2D eigenvalue weighted by Crippen LogP contribution is 2.20. The third-order valence-corrected chi connectivity index (χ3v) is 2.71. The van der Waals surface area contributed by atoms with E-state index >= 15 is 0 Å². The van der Waals surface area contributed by atoms with Crippen LogP contribution < -0.4 is 11.1 Å². The Kier molecular flexibility index (Phi) is 3.49. The first-order chi connectivity index (χ1) is 8.16. The third-order valence-electron chi connectivity index (χ3n) is 2.42. The van der Waals surface area contributed by atoms with Gasteiger partial charge in [-0.05, 0) is 6.07 Å². The maximum atomic E-state index is 6.00. The van der Waals surface area contributed by atoms with Crippen molar-refractivity contribution < 1.29 is 0 Å². The Labute approximate surface area is 105 Å². The predicted octanol–water partition coefficient (Wildman–Crippen LogP) is 1.71. The first-order valence-corrected chi connectivity index (χ1v) is 5.65. The van der Waals surface area contributed by atoms with Gasteiger partial charge in [0.05, 0.1) is 16.9 Å². The van der Waals surface area contributed by atoms with Crippen LogP contribution >= 0.6 is 11.6 Å². The van der Waals surface area contributed by atoms with Crippen LogP contribution in [0.1, 0.15) is 5.82 Å². The van der Waals surface area contributed by atoms with Gasteiger partial charge in [0.25, 0.3) is 0 Å². The largest absolute Gasteiger partial charge is 0.397 e. The van der Waals surface area contributed by atoms with E-state index in [-0.39, 0.29) is 0 Å². The summed E-state index contributed by atoms with van der Waals surface area (Å²) < 4.78 is 1.99. The molecule has 2 rings (SSSR count). The van der Waals surface area contributed by atoms with Gasteiger partial charge in [-0.2, -0.15) is 0 Å². The summed E-state index contributed by atoms with van der Waals surface area (Å²) in [6, 6.07) is 1.68. The minimum Gasteiger partial charge on any atom is -0.397 e. The highest BCUT2D eigenvalue weighted by atomic mass is 35.5. The standard InChI is InChI=1S/C11H14ClN5/c1-17-5-4-14-10(17)2-3-15-11-9(12)6-8(13)7-16-11/h4-7H,2-3,13H2,1H3,(H,15,16). The number of halogens is 1. The van der Waals surface area contributed by atoms with Crippen molar-refractivity contribution in [1.82, 2.24) is 14.5 Å². The average molecular weight is 252 g/mol. The van der Waals surface area contributed by atoms with Crippen molar-refractivity contribution in [2.24, 2.45) is 7.05 Å². The molecule has 0 saturated carbocycles. The number of imidazole rings is 1. The molecule has 2 aromatic rings. The van der Waals surface area contributed by atoms with Crippen LogP contribution in [0.5, 0.6) is 0 Å². The van der Waals surface area contributed by atoms with E-state index in [9.17, 15) is 0 Å². The fourth-order valence-corrected chi connectivity index (χ4v) is 1.75. The molecular weight excluding hydrogens is 238 g/mol. The Morgan fingerprint density at radius 1 is 1.47 bits per heavy atom. The molecule has 0 aromatic carbocycles. The highest BCUT2D eigenvalue weighted by Gasteiger charge is 2.03. The molecule has 0 unspecified atom stereocenters. The van der Waals surface area contributed by atoms with Gasteiger partial charge in [0.2, 0.25) is 0 Å². The molecular formula is C11H14ClN5. The van der Waals surface area contributed by atoms with Gasteiger partial charge >= 0.3 is 0 Å². The van der Waals surface area contributed by atoms with E-state index in [4.69, 9.17) is 17.3 Å². The van der Waals surface area contributed by atoms with E-state index in [0.29, 0.717) is 16.5 Å². The molecule has 0 radical (unpaired) electrons. The van der Waals surface area contributed by atoms with Crippen LogP contribution in [0.15, 0.2) is 24.7 Å². The second-order valence-electron chi connectivity index (χ2n) is 3.73. The van der Waals surface area contributed by atoms with Gasteiger partial charge in [-0.3, -0.25) is 0 Å². The molecule has 2 heterocycles. The number of nitrogen functional groups attached to an aromatic ring is 1. The lowest BCUT2D eigenvalue weighted by Crippen LogP contribution is -2.10. The molecule has 90 valence electrons. The van der Waals surface area contributed by atoms with Crippen molar-refractivity contribution in [1.29, 1.82) is 0 Å². The van der Waals surface area contributed by atoms with Crippen molar-refractivity contribution in [3.8, 4) is 0 Å². The molecule has 0 bridgehead atoms. The van der Waals surface area contributed by atoms with Gasteiger partial charge in [0, 0.05) is 32.4 Å². The van der Waals surface area contributed by atoms with E-state index in [0.717, 1.165) is 18.8 Å².